The lowest BCUT2D eigenvalue weighted by molar-refractivity contribution is -0.120. The van der Waals surface area contributed by atoms with E-state index in [0.717, 1.165) is 24.8 Å². The van der Waals surface area contributed by atoms with Gasteiger partial charge in [-0.05, 0) is 48.1 Å². The standard InChI is InChI=1S/C18H16Cl2O/c19-14-9-8-13(17(20)11-14)10-18(21)16-7-3-5-12-4-1-2-6-15(12)16/h1-2,4,6,8-9,11,16H,3,5,7,10H2. The van der Waals surface area contributed by atoms with Crippen molar-refractivity contribution in [2.45, 2.75) is 31.6 Å². The Bertz CT molecular complexity index is 679. The number of hydrogen-bond donors (Lipinski definition) is 0. The van der Waals surface area contributed by atoms with Crippen LogP contribution < -0.4 is 0 Å². The second kappa shape index (κ2) is 6.21. The molecule has 1 nitrogen and oxygen atoms in total. The first kappa shape index (κ1) is 14.6. The molecule has 0 radical (unpaired) electrons. The van der Waals surface area contributed by atoms with Gasteiger partial charge in [0.25, 0.3) is 0 Å². The molecule has 1 aliphatic carbocycles. The third kappa shape index (κ3) is 3.14. The van der Waals surface area contributed by atoms with Gasteiger partial charge in [0, 0.05) is 22.4 Å². The van der Waals surface area contributed by atoms with Crippen LogP contribution in [0.2, 0.25) is 10.0 Å². The summed E-state index contributed by atoms with van der Waals surface area (Å²) in [6.07, 6.45) is 3.44. The summed E-state index contributed by atoms with van der Waals surface area (Å²) in [5, 5.41) is 1.17. The number of halogens is 2. The first-order chi connectivity index (χ1) is 10.1. The Kier molecular flexibility index (Phi) is 4.32. The molecule has 0 bridgehead atoms. The Morgan fingerprint density at radius 3 is 2.76 bits per heavy atom. The highest BCUT2D eigenvalue weighted by Gasteiger charge is 2.26. The van der Waals surface area contributed by atoms with Crippen LogP contribution in [0.4, 0.5) is 0 Å². The van der Waals surface area contributed by atoms with Crippen LogP contribution in [0.1, 0.15) is 35.4 Å². The highest BCUT2D eigenvalue weighted by Crippen LogP contribution is 2.33. The van der Waals surface area contributed by atoms with E-state index in [9.17, 15) is 4.79 Å². The molecule has 0 heterocycles. The van der Waals surface area contributed by atoms with Gasteiger partial charge in [0.2, 0.25) is 0 Å². The van der Waals surface area contributed by atoms with Gasteiger partial charge >= 0.3 is 0 Å². The Balaban J connectivity index is 1.83. The van der Waals surface area contributed by atoms with Gasteiger partial charge in [-0.25, -0.2) is 0 Å². The molecule has 21 heavy (non-hydrogen) atoms. The molecule has 0 fully saturated rings. The van der Waals surface area contributed by atoms with Crippen LogP contribution in [0.5, 0.6) is 0 Å². The van der Waals surface area contributed by atoms with Crippen molar-refractivity contribution in [1.29, 1.82) is 0 Å². The van der Waals surface area contributed by atoms with Gasteiger partial charge < -0.3 is 0 Å². The number of aryl methyl sites for hydroxylation is 1. The summed E-state index contributed by atoms with van der Waals surface area (Å²) in [5.41, 5.74) is 3.36. The largest absolute Gasteiger partial charge is 0.299 e. The molecule has 3 rings (SSSR count). The number of fused-ring (bicyclic) bond motifs is 1. The Morgan fingerprint density at radius 2 is 1.95 bits per heavy atom. The van der Waals surface area contributed by atoms with Gasteiger partial charge in [-0.2, -0.15) is 0 Å². The topological polar surface area (TPSA) is 17.1 Å². The zero-order chi connectivity index (χ0) is 14.8. The summed E-state index contributed by atoms with van der Waals surface area (Å²) >= 11 is 12.1. The number of carbonyl (C=O) groups excluding carboxylic acids is 1. The van der Waals surface area contributed by atoms with Crippen molar-refractivity contribution in [2.24, 2.45) is 0 Å². The van der Waals surface area contributed by atoms with Crippen molar-refractivity contribution >= 4 is 29.0 Å². The second-order valence-electron chi connectivity index (χ2n) is 5.52. The van der Waals surface area contributed by atoms with Crippen LogP contribution in [-0.4, -0.2) is 5.78 Å². The van der Waals surface area contributed by atoms with Crippen molar-refractivity contribution in [3.63, 3.8) is 0 Å². The monoisotopic (exact) mass is 318 g/mol. The maximum absolute atomic E-state index is 12.7. The predicted molar refractivity (Wildman–Crippen MR) is 87.3 cm³/mol. The predicted octanol–water partition coefficient (Wildman–Crippen LogP) is 5.23. The molecule has 0 saturated carbocycles. The molecule has 0 aliphatic heterocycles. The molecule has 108 valence electrons. The highest BCUT2D eigenvalue weighted by atomic mass is 35.5. The van der Waals surface area contributed by atoms with E-state index in [2.05, 4.69) is 12.1 Å². The molecule has 0 aromatic heterocycles. The quantitative estimate of drug-likeness (QED) is 0.757. The zero-order valence-corrected chi connectivity index (χ0v) is 13.1. The highest BCUT2D eigenvalue weighted by molar-refractivity contribution is 6.35. The van der Waals surface area contributed by atoms with Crippen LogP contribution in [0.15, 0.2) is 42.5 Å². The molecule has 1 aliphatic rings. The first-order valence-corrected chi connectivity index (χ1v) is 7.95. The molecule has 0 spiro atoms. The minimum absolute atomic E-state index is 0.00157. The van der Waals surface area contributed by atoms with Gasteiger partial charge in [-0.1, -0.05) is 53.5 Å². The molecular formula is C18H16Cl2O. The fourth-order valence-electron chi connectivity index (χ4n) is 3.06. The minimum atomic E-state index is 0.00157. The normalized spacial score (nSPS) is 17.3. The third-order valence-electron chi connectivity index (χ3n) is 4.14. The number of Topliss-reactive ketones (excluding diaryl/α,β-unsaturated/α-hetero) is 1. The summed E-state index contributed by atoms with van der Waals surface area (Å²) < 4.78 is 0. The molecule has 1 unspecified atom stereocenters. The fourth-order valence-corrected chi connectivity index (χ4v) is 3.54. The second-order valence-corrected chi connectivity index (χ2v) is 6.37. The number of rotatable bonds is 3. The van der Waals surface area contributed by atoms with Crippen molar-refractivity contribution in [3.05, 3.63) is 69.2 Å². The Morgan fingerprint density at radius 1 is 1.14 bits per heavy atom. The lowest BCUT2D eigenvalue weighted by Gasteiger charge is -2.24. The number of benzene rings is 2. The summed E-state index contributed by atoms with van der Waals surface area (Å²) in [6.45, 7) is 0. The average Bonchev–Trinajstić information content (AvgIpc) is 2.49. The summed E-state index contributed by atoms with van der Waals surface area (Å²) in [7, 11) is 0. The van der Waals surface area contributed by atoms with E-state index in [-0.39, 0.29) is 11.7 Å². The molecule has 2 aromatic carbocycles. The van der Waals surface area contributed by atoms with Gasteiger partial charge in [-0.15, -0.1) is 0 Å². The Labute approximate surface area is 134 Å². The van der Waals surface area contributed by atoms with E-state index in [4.69, 9.17) is 23.2 Å². The minimum Gasteiger partial charge on any atom is -0.299 e. The van der Waals surface area contributed by atoms with Gasteiger partial charge in [0.15, 0.2) is 0 Å². The molecular weight excluding hydrogens is 303 g/mol. The maximum Gasteiger partial charge on any atom is 0.144 e. The number of carbonyl (C=O) groups is 1. The smallest absolute Gasteiger partial charge is 0.144 e. The molecule has 0 N–H and O–H groups in total. The fraction of sp³-hybridized carbons (Fsp3) is 0.278. The van der Waals surface area contributed by atoms with Gasteiger partial charge in [0.05, 0.1) is 0 Å². The van der Waals surface area contributed by atoms with Gasteiger partial charge in [-0.3, -0.25) is 4.79 Å². The van der Waals surface area contributed by atoms with E-state index in [0.29, 0.717) is 16.5 Å². The van der Waals surface area contributed by atoms with Crippen molar-refractivity contribution in [3.8, 4) is 0 Å². The van der Waals surface area contributed by atoms with Crippen LogP contribution in [0.3, 0.4) is 0 Å². The SMILES string of the molecule is O=C(Cc1ccc(Cl)cc1Cl)C1CCCc2ccccc21. The van der Waals surface area contributed by atoms with E-state index in [1.165, 1.54) is 11.1 Å². The maximum atomic E-state index is 12.7. The van der Waals surface area contributed by atoms with Crippen LogP contribution in [-0.2, 0) is 17.6 Å². The van der Waals surface area contributed by atoms with Crippen molar-refractivity contribution in [1.82, 2.24) is 0 Å². The van der Waals surface area contributed by atoms with Crippen LogP contribution in [0, 0.1) is 0 Å². The van der Waals surface area contributed by atoms with E-state index in [1.807, 2.05) is 18.2 Å². The molecule has 0 saturated heterocycles. The van der Waals surface area contributed by atoms with E-state index in [1.54, 1.807) is 12.1 Å². The van der Waals surface area contributed by atoms with Gasteiger partial charge in [0.1, 0.15) is 5.78 Å². The lowest BCUT2D eigenvalue weighted by Crippen LogP contribution is -2.20. The summed E-state index contributed by atoms with van der Waals surface area (Å²) in [5.74, 6) is 0.244. The van der Waals surface area contributed by atoms with Crippen LogP contribution >= 0.6 is 23.2 Å². The zero-order valence-electron chi connectivity index (χ0n) is 11.6. The van der Waals surface area contributed by atoms with E-state index < -0.39 is 0 Å². The third-order valence-corrected chi connectivity index (χ3v) is 4.72. The van der Waals surface area contributed by atoms with Crippen molar-refractivity contribution < 1.29 is 4.79 Å². The molecule has 1 atom stereocenters. The van der Waals surface area contributed by atoms with E-state index >= 15 is 0 Å². The number of ketones is 1. The van der Waals surface area contributed by atoms with Crippen LogP contribution in [0.25, 0.3) is 0 Å². The number of hydrogen-bond acceptors (Lipinski definition) is 1. The lowest BCUT2D eigenvalue weighted by atomic mass is 9.79. The average molecular weight is 319 g/mol. The Hall–Kier alpha value is -1.31. The summed E-state index contributed by atoms with van der Waals surface area (Å²) in [6, 6.07) is 13.6. The van der Waals surface area contributed by atoms with Crippen molar-refractivity contribution in [2.75, 3.05) is 0 Å². The summed E-state index contributed by atoms with van der Waals surface area (Å²) in [4.78, 5) is 12.7. The molecule has 2 aromatic rings. The molecule has 3 heteroatoms. The molecule has 0 amide bonds. The first-order valence-electron chi connectivity index (χ1n) is 7.19.